The number of carbonyl (C=O) groups is 2. The molecule has 3 aromatic carbocycles. The number of nitrogens with one attached hydrogen (secondary N) is 1. The normalized spacial score (nSPS) is 10.4. The molecule has 7 nitrogen and oxygen atoms in total. The number of phenolic OH excluding ortho intramolecular Hbond substituents is 3. The largest absolute Gasteiger partial charge is 0.504 e. The van der Waals surface area contributed by atoms with Gasteiger partial charge in [-0.05, 0) is 29.8 Å². The zero-order valence-corrected chi connectivity index (χ0v) is 13.9. The van der Waals surface area contributed by atoms with Crippen LogP contribution in [0, 0.1) is 0 Å². The van der Waals surface area contributed by atoms with Crippen molar-refractivity contribution in [2.45, 2.75) is 0 Å². The minimum atomic E-state index is -1.15. The molecule has 3 aromatic rings. The van der Waals surface area contributed by atoms with Crippen LogP contribution >= 0.6 is 0 Å². The molecule has 136 valence electrons. The van der Waals surface area contributed by atoms with Gasteiger partial charge >= 0.3 is 5.97 Å². The van der Waals surface area contributed by atoms with Crippen LogP contribution in [0.1, 0.15) is 20.7 Å². The van der Waals surface area contributed by atoms with Crippen molar-refractivity contribution in [3.8, 4) is 28.4 Å². The summed E-state index contributed by atoms with van der Waals surface area (Å²) in [7, 11) is 0. The molecule has 0 aromatic heterocycles. The maximum Gasteiger partial charge on any atom is 0.335 e. The fraction of sp³-hybridized carbons (Fsp3) is 0. The molecule has 27 heavy (non-hydrogen) atoms. The van der Waals surface area contributed by atoms with Crippen LogP contribution in [-0.2, 0) is 0 Å². The second-order valence-electron chi connectivity index (χ2n) is 5.72. The molecule has 7 heteroatoms. The standard InChI is InChI=1S/C20H15NO6/c22-15-10-14(11-5-2-1-3-6-11)16(18(24)17(15)23)19(25)21-13-8-4-7-12(9-13)20(26)27/h1-10,22-24H,(H,21,25)(H,26,27). The van der Waals surface area contributed by atoms with Crippen LogP contribution in [0.2, 0.25) is 0 Å². The van der Waals surface area contributed by atoms with Crippen LogP contribution in [0.4, 0.5) is 5.69 Å². The molecular formula is C20H15NO6. The molecule has 1 amide bonds. The molecule has 0 saturated carbocycles. The molecular weight excluding hydrogens is 350 g/mol. The maximum atomic E-state index is 12.8. The smallest absolute Gasteiger partial charge is 0.335 e. The first-order valence-corrected chi connectivity index (χ1v) is 7.86. The van der Waals surface area contributed by atoms with Gasteiger partial charge < -0.3 is 25.7 Å². The van der Waals surface area contributed by atoms with Gasteiger partial charge in [-0.15, -0.1) is 0 Å². The lowest BCUT2D eigenvalue weighted by atomic mass is 9.97. The summed E-state index contributed by atoms with van der Waals surface area (Å²) in [6.07, 6.45) is 0. The van der Waals surface area contributed by atoms with Gasteiger partial charge in [0.1, 0.15) is 0 Å². The Morgan fingerprint density at radius 3 is 2.19 bits per heavy atom. The number of benzene rings is 3. The van der Waals surface area contributed by atoms with E-state index in [1.165, 1.54) is 30.3 Å². The number of rotatable bonds is 4. The number of carboxylic acid groups (broad SMARTS) is 1. The van der Waals surface area contributed by atoms with Crippen molar-refractivity contribution in [1.29, 1.82) is 0 Å². The third kappa shape index (κ3) is 3.52. The Kier molecular flexibility index (Phi) is 4.68. The van der Waals surface area contributed by atoms with Crippen molar-refractivity contribution in [3.05, 3.63) is 71.8 Å². The summed E-state index contributed by atoms with van der Waals surface area (Å²) in [6, 6.07) is 15.3. The first-order valence-electron chi connectivity index (χ1n) is 7.86. The number of amides is 1. The number of anilines is 1. The highest BCUT2D eigenvalue weighted by Gasteiger charge is 2.23. The van der Waals surface area contributed by atoms with E-state index >= 15 is 0 Å². The molecule has 0 aliphatic rings. The summed E-state index contributed by atoms with van der Waals surface area (Å²) >= 11 is 0. The predicted octanol–water partition coefficient (Wildman–Crippen LogP) is 3.42. The van der Waals surface area contributed by atoms with E-state index in [0.717, 1.165) is 0 Å². The molecule has 0 bridgehead atoms. The lowest BCUT2D eigenvalue weighted by molar-refractivity contribution is 0.0696. The number of aromatic hydroxyl groups is 3. The first kappa shape index (κ1) is 17.8. The quantitative estimate of drug-likeness (QED) is 0.451. The third-order valence-corrected chi connectivity index (χ3v) is 3.93. The molecule has 0 atom stereocenters. The average molecular weight is 365 g/mol. The molecule has 0 heterocycles. The monoisotopic (exact) mass is 365 g/mol. The molecule has 0 aliphatic heterocycles. The maximum absolute atomic E-state index is 12.8. The highest BCUT2D eigenvalue weighted by Crippen LogP contribution is 2.43. The number of aromatic carboxylic acids is 1. The van der Waals surface area contributed by atoms with Crippen LogP contribution in [0.5, 0.6) is 17.2 Å². The zero-order valence-electron chi connectivity index (χ0n) is 13.9. The SMILES string of the molecule is O=C(O)c1cccc(NC(=O)c2c(-c3ccccc3)cc(O)c(O)c2O)c1. The molecule has 0 spiro atoms. The summed E-state index contributed by atoms with van der Waals surface area (Å²) in [5, 5.41) is 41.5. The Balaban J connectivity index is 2.07. The number of phenols is 3. The molecule has 5 N–H and O–H groups in total. The number of carbonyl (C=O) groups excluding carboxylic acids is 1. The minimum Gasteiger partial charge on any atom is -0.504 e. The van der Waals surface area contributed by atoms with Crippen molar-refractivity contribution in [1.82, 2.24) is 0 Å². The zero-order chi connectivity index (χ0) is 19.6. The van der Waals surface area contributed by atoms with Crippen LogP contribution < -0.4 is 5.32 Å². The summed E-state index contributed by atoms with van der Waals surface area (Å²) in [6.45, 7) is 0. The summed E-state index contributed by atoms with van der Waals surface area (Å²) < 4.78 is 0. The Labute approximate surface area is 153 Å². The topological polar surface area (TPSA) is 127 Å². The molecule has 0 aliphatic carbocycles. The Morgan fingerprint density at radius 1 is 0.815 bits per heavy atom. The van der Waals surface area contributed by atoms with Crippen LogP contribution in [0.3, 0.4) is 0 Å². The van der Waals surface area contributed by atoms with Crippen LogP contribution in [0.15, 0.2) is 60.7 Å². The van der Waals surface area contributed by atoms with E-state index in [0.29, 0.717) is 5.56 Å². The van der Waals surface area contributed by atoms with E-state index in [4.69, 9.17) is 5.11 Å². The van der Waals surface area contributed by atoms with E-state index < -0.39 is 29.1 Å². The second-order valence-corrected chi connectivity index (χ2v) is 5.72. The molecule has 0 saturated heterocycles. The van der Waals surface area contributed by atoms with Gasteiger partial charge in [0.2, 0.25) is 5.75 Å². The summed E-state index contributed by atoms with van der Waals surface area (Å²) in [4.78, 5) is 23.8. The van der Waals surface area contributed by atoms with E-state index in [9.17, 15) is 24.9 Å². The van der Waals surface area contributed by atoms with Gasteiger partial charge in [-0.2, -0.15) is 0 Å². The van der Waals surface area contributed by atoms with Crippen LogP contribution in [0.25, 0.3) is 11.1 Å². The Bertz CT molecular complexity index is 1030. The van der Waals surface area contributed by atoms with Gasteiger partial charge in [0.15, 0.2) is 11.5 Å². The van der Waals surface area contributed by atoms with Gasteiger partial charge in [0, 0.05) is 11.3 Å². The van der Waals surface area contributed by atoms with Crippen molar-refractivity contribution in [2.75, 3.05) is 5.32 Å². The lowest BCUT2D eigenvalue weighted by Gasteiger charge is -2.14. The second kappa shape index (κ2) is 7.09. The highest BCUT2D eigenvalue weighted by molar-refractivity contribution is 6.11. The van der Waals surface area contributed by atoms with Crippen LogP contribution in [-0.4, -0.2) is 32.3 Å². The minimum absolute atomic E-state index is 0.0196. The number of hydrogen-bond donors (Lipinski definition) is 5. The number of hydrogen-bond acceptors (Lipinski definition) is 5. The van der Waals surface area contributed by atoms with E-state index in [1.807, 2.05) is 0 Å². The van der Waals surface area contributed by atoms with Gasteiger partial charge in [-0.1, -0.05) is 36.4 Å². The van der Waals surface area contributed by atoms with E-state index in [1.54, 1.807) is 30.3 Å². The number of carboxylic acids is 1. The fourth-order valence-electron chi connectivity index (χ4n) is 2.64. The van der Waals surface area contributed by atoms with Crippen molar-refractivity contribution < 1.29 is 30.0 Å². The molecule has 0 unspecified atom stereocenters. The van der Waals surface area contributed by atoms with E-state index in [-0.39, 0.29) is 22.4 Å². The average Bonchev–Trinajstić information content (AvgIpc) is 2.66. The molecule has 0 radical (unpaired) electrons. The van der Waals surface area contributed by atoms with Gasteiger partial charge in [-0.25, -0.2) is 4.79 Å². The Hall–Kier alpha value is -4.00. The first-order chi connectivity index (χ1) is 12.9. The lowest BCUT2D eigenvalue weighted by Crippen LogP contribution is -2.14. The highest BCUT2D eigenvalue weighted by atomic mass is 16.4. The van der Waals surface area contributed by atoms with Gasteiger partial charge in [0.25, 0.3) is 5.91 Å². The summed E-state index contributed by atoms with van der Waals surface area (Å²) in [5.41, 5.74) is 0.666. The predicted molar refractivity (Wildman–Crippen MR) is 98.2 cm³/mol. The Morgan fingerprint density at radius 2 is 1.52 bits per heavy atom. The molecule has 3 rings (SSSR count). The van der Waals surface area contributed by atoms with Crippen molar-refractivity contribution >= 4 is 17.6 Å². The van der Waals surface area contributed by atoms with E-state index in [2.05, 4.69) is 5.32 Å². The third-order valence-electron chi connectivity index (χ3n) is 3.93. The van der Waals surface area contributed by atoms with Crippen molar-refractivity contribution in [2.24, 2.45) is 0 Å². The van der Waals surface area contributed by atoms with Crippen molar-refractivity contribution in [3.63, 3.8) is 0 Å². The fourth-order valence-corrected chi connectivity index (χ4v) is 2.64. The van der Waals surface area contributed by atoms with Gasteiger partial charge in [0.05, 0.1) is 11.1 Å². The summed E-state index contributed by atoms with van der Waals surface area (Å²) in [5.74, 6) is -4.10. The van der Waals surface area contributed by atoms with Gasteiger partial charge in [-0.3, -0.25) is 4.79 Å². The molecule has 0 fully saturated rings.